The first-order chi connectivity index (χ1) is 14.2. The van der Waals surface area contributed by atoms with Crippen LogP contribution < -0.4 is 5.32 Å². The molecule has 4 rings (SSSR count). The van der Waals surface area contributed by atoms with Crippen LogP contribution in [0, 0.1) is 0 Å². The fraction of sp³-hybridized carbons (Fsp3) is 0.250. The Morgan fingerprint density at radius 3 is 2.48 bits per heavy atom. The van der Waals surface area contributed by atoms with E-state index in [9.17, 15) is 9.59 Å². The molecule has 1 N–H and O–H groups in total. The van der Waals surface area contributed by atoms with Crippen molar-refractivity contribution >= 4 is 23.2 Å². The van der Waals surface area contributed by atoms with Gasteiger partial charge in [-0.2, -0.15) is 0 Å². The van der Waals surface area contributed by atoms with Gasteiger partial charge in [0.1, 0.15) is 0 Å². The van der Waals surface area contributed by atoms with E-state index in [1.54, 1.807) is 23.5 Å². The number of hydrogen-bond acceptors (Lipinski definition) is 3. The van der Waals surface area contributed by atoms with Gasteiger partial charge in [-0.05, 0) is 53.1 Å². The van der Waals surface area contributed by atoms with Crippen LogP contribution in [0.3, 0.4) is 0 Å². The summed E-state index contributed by atoms with van der Waals surface area (Å²) in [5.41, 5.74) is 3.99. The predicted molar refractivity (Wildman–Crippen MR) is 117 cm³/mol. The maximum absolute atomic E-state index is 12.8. The first kappa shape index (κ1) is 19.4. The summed E-state index contributed by atoms with van der Waals surface area (Å²) in [5.74, 6) is -0.248. The van der Waals surface area contributed by atoms with E-state index in [1.165, 1.54) is 10.4 Å². The fourth-order valence-corrected chi connectivity index (χ4v) is 4.87. The average molecular weight is 405 g/mol. The standard InChI is InChI=1S/C24H24N2O2S/c1-2-21-20-13-15-29-22(20)12-14-26(21)23(27)16-25-24(28)19-10-8-18(9-11-19)17-6-4-3-5-7-17/h3-11,13,15,21H,2,12,14,16H2,1H3,(H,25,28). The van der Waals surface area contributed by atoms with Gasteiger partial charge >= 0.3 is 0 Å². The van der Waals surface area contributed by atoms with Crippen LogP contribution in [0.25, 0.3) is 11.1 Å². The molecule has 1 aliphatic rings. The van der Waals surface area contributed by atoms with Gasteiger partial charge in [-0.3, -0.25) is 9.59 Å². The molecule has 0 saturated carbocycles. The van der Waals surface area contributed by atoms with Crippen molar-refractivity contribution in [2.45, 2.75) is 25.8 Å². The van der Waals surface area contributed by atoms with Crippen LogP contribution in [0.4, 0.5) is 0 Å². The molecule has 4 nitrogen and oxygen atoms in total. The fourth-order valence-electron chi connectivity index (χ4n) is 3.94. The molecule has 0 bridgehead atoms. The molecule has 0 spiro atoms. The highest BCUT2D eigenvalue weighted by Gasteiger charge is 2.30. The van der Waals surface area contributed by atoms with E-state index in [2.05, 4.69) is 23.7 Å². The summed E-state index contributed by atoms with van der Waals surface area (Å²) >= 11 is 1.77. The van der Waals surface area contributed by atoms with Crippen LogP contribution in [0.1, 0.15) is 40.2 Å². The molecule has 2 aromatic carbocycles. The third-order valence-electron chi connectivity index (χ3n) is 5.46. The Morgan fingerprint density at radius 2 is 1.76 bits per heavy atom. The Hall–Kier alpha value is -2.92. The molecule has 1 aliphatic heterocycles. The number of rotatable bonds is 5. The van der Waals surface area contributed by atoms with E-state index in [-0.39, 0.29) is 24.4 Å². The van der Waals surface area contributed by atoms with Crippen molar-refractivity contribution in [2.24, 2.45) is 0 Å². The van der Waals surface area contributed by atoms with Crippen molar-refractivity contribution in [1.82, 2.24) is 10.2 Å². The maximum atomic E-state index is 12.8. The first-order valence-corrected chi connectivity index (χ1v) is 10.8. The van der Waals surface area contributed by atoms with Gasteiger partial charge < -0.3 is 10.2 Å². The highest BCUT2D eigenvalue weighted by Crippen LogP contribution is 2.35. The van der Waals surface area contributed by atoms with E-state index in [0.29, 0.717) is 12.1 Å². The quantitative estimate of drug-likeness (QED) is 0.671. The maximum Gasteiger partial charge on any atom is 0.251 e. The highest BCUT2D eigenvalue weighted by molar-refractivity contribution is 7.10. The van der Waals surface area contributed by atoms with E-state index in [0.717, 1.165) is 24.0 Å². The summed E-state index contributed by atoms with van der Waals surface area (Å²) in [6.45, 7) is 2.84. The molecule has 1 aromatic heterocycles. The van der Waals surface area contributed by atoms with Crippen molar-refractivity contribution in [3.63, 3.8) is 0 Å². The number of carbonyl (C=O) groups is 2. The van der Waals surface area contributed by atoms with Crippen LogP contribution in [-0.4, -0.2) is 29.8 Å². The van der Waals surface area contributed by atoms with E-state index in [4.69, 9.17) is 0 Å². The zero-order chi connectivity index (χ0) is 20.2. The van der Waals surface area contributed by atoms with Crippen LogP contribution in [0.2, 0.25) is 0 Å². The van der Waals surface area contributed by atoms with Crippen molar-refractivity contribution in [2.75, 3.05) is 13.1 Å². The molecule has 0 aliphatic carbocycles. The molecular weight excluding hydrogens is 380 g/mol. The summed E-state index contributed by atoms with van der Waals surface area (Å²) in [7, 11) is 0. The summed E-state index contributed by atoms with van der Waals surface area (Å²) in [4.78, 5) is 28.6. The average Bonchev–Trinajstić information content (AvgIpc) is 3.26. The number of benzene rings is 2. The lowest BCUT2D eigenvalue weighted by Crippen LogP contribution is -2.44. The summed E-state index contributed by atoms with van der Waals surface area (Å²) in [6.07, 6.45) is 1.77. The van der Waals surface area contributed by atoms with Gasteiger partial charge in [0.05, 0.1) is 12.6 Å². The third-order valence-corrected chi connectivity index (χ3v) is 6.45. The van der Waals surface area contributed by atoms with Gasteiger partial charge in [-0.25, -0.2) is 0 Å². The minimum absolute atomic E-state index is 0.0231. The molecule has 0 saturated heterocycles. The molecule has 2 heterocycles. The van der Waals surface area contributed by atoms with Gasteiger partial charge in [0.25, 0.3) is 5.91 Å². The van der Waals surface area contributed by atoms with Crippen LogP contribution in [0.15, 0.2) is 66.0 Å². The normalized spacial score (nSPS) is 15.6. The largest absolute Gasteiger partial charge is 0.343 e. The van der Waals surface area contributed by atoms with Crippen molar-refractivity contribution in [1.29, 1.82) is 0 Å². The lowest BCUT2D eigenvalue weighted by molar-refractivity contribution is -0.133. The molecule has 0 radical (unpaired) electrons. The van der Waals surface area contributed by atoms with Gasteiger partial charge in [0.2, 0.25) is 5.91 Å². The molecule has 1 atom stereocenters. The van der Waals surface area contributed by atoms with Crippen LogP contribution in [0.5, 0.6) is 0 Å². The molecule has 2 amide bonds. The van der Waals surface area contributed by atoms with Gasteiger partial charge in [0, 0.05) is 17.0 Å². The molecule has 1 unspecified atom stereocenters. The van der Waals surface area contributed by atoms with Crippen molar-refractivity contribution in [3.8, 4) is 11.1 Å². The number of nitrogens with one attached hydrogen (secondary N) is 1. The van der Waals surface area contributed by atoms with Gasteiger partial charge in [-0.1, -0.05) is 49.4 Å². The monoisotopic (exact) mass is 404 g/mol. The lowest BCUT2D eigenvalue weighted by atomic mass is 9.98. The number of hydrogen-bond donors (Lipinski definition) is 1. The number of thiophene rings is 1. The summed E-state index contributed by atoms with van der Waals surface area (Å²) in [5, 5.41) is 4.89. The lowest BCUT2D eigenvalue weighted by Gasteiger charge is -2.35. The molecule has 29 heavy (non-hydrogen) atoms. The molecular formula is C24H24N2O2S. The SMILES string of the molecule is CCC1c2ccsc2CCN1C(=O)CNC(=O)c1ccc(-c2ccccc2)cc1. The van der Waals surface area contributed by atoms with Crippen molar-refractivity contribution in [3.05, 3.63) is 82.0 Å². The minimum Gasteiger partial charge on any atom is -0.343 e. The Labute approximate surface area is 175 Å². The summed E-state index contributed by atoms with van der Waals surface area (Å²) in [6, 6.07) is 19.7. The second-order valence-electron chi connectivity index (χ2n) is 7.19. The second-order valence-corrected chi connectivity index (χ2v) is 8.19. The predicted octanol–water partition coefficient (Wildman–Crippen LogP) is 4.68. The van der Waals surface area contributed by atoms with E-state index >= 15 is 0 Å². The second kappa shape index (κ2) is 8.62. The molecule has 0 fully saturated rings. The zero-order valence-electron chi connectivity index (χ0n) is 16.4. The van der Waals surface area contributed by atoms with Crippen LogP contribution in [-0.2, 0) is 11.2 Å². The number of nitrogens with zero attached hydrogens (tertiary/aromatic N) is 1. The molecule has 3 aromatic rings. The smallest absolute Gasteiger partial charge is 0.251 e. The van der Waals surface area contributed by atoms with E-state index < -0.39 is 0 Å². The number of carbonyl (C=O) groups excluding carboxylic acids is 2. The number of fused-ring (bicyclic) bond motifs is 1. The third kappa shape index (κ3) is 4.10. The molecule has 5 heteroatoms. The minimum atomic E-state index is -0.223. The topological polar surface area (TPSA) is 49.4 Å². The van der Waals surface area contributed by atoms with Gasteiger partial charge in [-0.15, -0.1) is 11.3 Å². The Bertz CT molecular complexity index is 995. The Morgan fingerprint density at radius 1 is 1.03 bits per heavy atom. The van der Waals surface area contributed by atoms with Crippen molar-refractivity contribution < 1.29 is 9.59 Å². The Kier molecular flexibility index (Phi) is 5.76. The molecule has 148 valence electrons. The zero-order valence-corrected chi connectivity index (χ0v) is 17.2. The summed E-state index contributed by atoms with van der Waals surface area (Å²) < 4.78 is 0. The first-order valence-electron chi connectivity index (χ1n) is 9.96. The Balaban J connectivity index is 1.37. The number of amides is 2. The van der Waals surface area contributed by atoms with Gasteiger partial charge in [0.15, 0.2) is 0 Å². The van der Waals surface area contributed by atoms with E-state index in [1.807, 2.05) is 47.4 Å². The highest BCUT2D eigenvalue weighted by atomic mass is 32.1. The van der Waals surface area contributed by atoms with Crippen LogP contribution >= 0.6 is 11.3 Å².